The molecule has 0 saturated carbocycles. The van der Waals surface area contributed by atoms with Crippen molar-refractivity contribution in [1.29, 1.82) is 0 Å². The van der Waals surface area contributed by atoms with Crippen LogP contribution >= 0.6 is 0 Å². The molecule has 83 heavy (non-hydrogen) atoms. The fourth-order valence-electron chi connectivity index (χ4n) is 7.58. The highest BCUT2D eigenvalue weighted by Crippen LogP contribution is 2.12. The standard InChI is InChI=1S/C77H112O6/c1-4-7-10-13-16-19-22-25-28-29-30-31-32-33-34-35-36-37-38-39-40-41-42-43-44-45-46-47-50-52-55-58-61-64-67-70-76(79)82-73-74(83-77(80)71-68-65-62-59-56-53-49-27-24-21-18-15-12-9-6-3)72-81-75(78)69-66-63-60-57-54-51-48-26-23-20-17-14-11-8-5-2/h7-12,16-21,25-28,30-31,33-34,36-37,39-40,42-43,45-46,48-49,54,56-57,59,63,65-66,68,74H,4-6,13-15,22-24,29,32,35,38,41,44,47,50-53,55,58,60-62,64,67,69-73H2,1-3H3/b10-7-,11-8-,12-9-,19-16-,20-17-,21-18-,28-25-,31-30-,34-33-,37-36-,40-39-,43-42-,46-45-,48-26-,49-27-,57-54-,59-56-,66-63-,68-65-. The topological polar surface area (TPSA) is 78.9 Å². The van der Waals surface area contributed by atoms with Crippen LogP contribution in [0, 0.1) is 0 Å². The number of hydrogen-bond donors (Lipinski definition) is 0. The molecule has 0 fully saturated rings. The molecular formula is C77H112O6. The Morgan fingerprint density at radius 1 is 0.253 bits per heavy atom. The average Bonchev–Trinajstić information content (AvgIpc) is 3.49. The Bertz CT molecular complexity index is 2130. The number of esters is 3. The number of rotatable bonds is 54. The van der Waals surface area contributed by atoms with E-state index in [0.29, 0.717) is 19.3 Å². The minimum atomic E-state index is -0.893. The minimum Gasteiger partial charge on any atom is -0.462 e. The summed E-state index contributed by atoms with van der Waals surface area (Å²) >= 11 is 0. The van der Waals surface area contributed by atoms with Gasteiger partial charge >= 0.3 is 17.9 Å². The number of carbonyl (C=O) groups excluding carboxylic acids is 3. The van der Waals surface area contributed by atoms with Crippen LogP contribution in [0.1, 0.15) is 213 Å². The van der Waals surface area contributed by atoms with Crippen LogP contribution in [-0.4, -0.2) is 37.2 Å². The molecule has 1 atom stereocenters. The van der Waals surface area contributed by atoms with E-state index in [-0.39, 0.29) is 32.0 Å². The number of unbranched alkanes of at least 4 members (excludes halogenated alkanes) is 7. The molecule has 6 heteroatoms. The monoisotopic (exact) mass is 1130 g/mol. The highest BCUT2D eigenvalue weighted by atomic mass is 16.6. The summed E-state index contributed by atoms with van der Waals surface area (Å²) in [5.74, 6) is -1.26. The Hall–Kier alpha value is -6.53. The Morgan fingerprint density at radius 3 is 0.783 bits per heavy atom. The summed E-state index contributed by atoms with van der Waals surface area (Å²) in [7, 11) is 0. The summed E-state index contributed by atoms with van der Waals surface area (Å²) in [6.07, 6.45) is 108. The Morgan fingerprint density at radius 2 is 0.482 bits per heavy atom. The van der Waals surface area contributed by atoms with Gasteiger partial charge in [0.15, 0.2) is 6.10 Å². The molecule has 0 radical (unpaired) electrons. The van der Waals surface area contributed by atoms with Crippen molar-refractivity contribution >= 4 is 17.9 Å². The molecule has 0 amide bonds. The van der Waals surface area contributed by atoms with Crippen LogP contribution in [0.5, 0.6) is 0 Å². The molecule has 0 saturated heterocycles. The largest absolute Gasteiger partial charge is 0.462 e. The Labute approximate surface area is 507 Å². The number of allylic oxidation sites excluding steroid dienone is 36. The second-order valence-corrected chi connectivity index (χ2v) is 19.9. The Kier molecular flexibility index (Phi) is 62.6. The van der Waals surface area contributed by atoms with Gasteiger partial charge in [-0.1, -0.05) is 284 Å². The zero-order valence-corrected chi connectivity index (χ0v) is 52.1. The van der Waals surface area contributed by atoms with Crippen molar-refractivity contribution in [3.8, 4) is 0 Å². The average molecular weight is 1130 g/mol. The van der Waals surface area contributed by atoms with Gasteiger partial charge in [0.25, 0.3) is 0 Å². The van der Waals surface area contributed by atoms with Gasteiger partial charge in [0.05, 0.1) is 12.8 Å². The van der Waals surface area contributed by atoms with Crippen molar-refractivity contribution in [2.45, 2.75) is 219 Å². The maximum atomic E-state index is 12.8. The van der Waals surface area contributed by atoms with E-state index in [4.69, 9.17) is 14.2 Å². The lowest BCUT2D eigenvalue weighted by atomic mass is 10.1. The first-order chi connectivity index (χ1) is 41.0. The maximum absolute atomic E-state index is 12.8. The van der Waals surface area contributed by atoms with Crippen molar-refractivity contribution < 1.29 is 28.6 Å². The lowest BCUT2D eigenvalue weighted by Gasteiger charge is -2.17. The summed E-state index contributed by atoms with van der Waals surface area (Å²) in [6.45, 7) is 6.08. The zero-order valence-electron chi connectivity index (χ0n) is 52.1. The zero-order chi connectivity index (χ0) is 59.9. The molecule has 6 nitrogen and oxygen atoms in total. The fourth-order valence-corrected chi connectivity index (χ4v) is 7.58. The quantitative estimate of drug-likeness (QED) is 0.0261. The van der Waals surface area contributed by atoms with Crippen LogP contribution in [0.15, 0.2) is 231 Å². The second kappa shape index (κ2) is 68.0. The van der Waals surface area contributed by atoms with E-state index in [1.165, 1.54) is 19.3 Å². The van der Waals surface area contributed by atoms with Gasteiger partial charge in [0, 0.05) is 6.42 Å². The third-order valence-corrected chi connectivity index (χ3v) is 12.2. The molecule has 456 valence electrons. The lowest BCUT2D eigenvalue weighted by molar-refractivity contribution is -0.166. The normalized spacial score (nSPS) is 13.7. The van der Waals surface area contributed by atoms with E-state index in [0.717, 1.165) is 141 Å². The summed E-state index contributed by atoms with van der Waals surface area (Å²) in [5, 5.41) is 0. The first-order valence-electron chi connectivity index (χ1n) is 31.9. The van der Waals surface area contributed by atoms with Gasteiger partial charge in [-0.2, -0.15) is 0 Å². The SMILES string of the molecule is CC/C=C\C/C=C\C/C=C\C/C=C\C/C=C\C/C=C\C/C=C\C/C=C\C/C=C\CCCCCCCCCC(=O)OCC(COC(=O)C/C=C\C/C=C\C/C=C\C/C=C\C/C=C\CC)OC(=O)C/C=C\C/C=C\C/C=C\C/C=C\C/C=C\CC. The Balaban J connectivity index is 4.45. The lowest BCUT2D eigenvalue weighted by Crippen LogP contribution is -2.30. The molecule has 0 aromatic rings. The molecule has 0 spiro atoms. The van der Waals surface area contributed by atoms with Gasteiger partial charge in [-0.15, -0.1) is 0 Å². The molecule has 0 heterocycles. The molecule has 1 unspecified atom stereocenters. The third-order valence-electron chi connectivity index (χ3n) is 12.2. The number of hydrogen-bond acceptors (Lipinski definition) is 6. The van der Waals surface area contributed by atoms with E-state index in [9.17, 15) is 14.4 Å². The first kappa shape index (κ1) is 76.5. The van der Waals surface area contributed by atoms with Gasteiger partial charge in [0.1, 0.15) is 13.2 Å². The van der Waals surface area contributed by atoms with E-state index < -0.39 is 18.0 Å². The summed E-state index contributed by atoms with van der Waals surface area (Å²) in [4.78, 5) is 38.1. The van der Waals surface area contributed by atoms with Gasteiger partial charge in [-0.25, -0.2) is 0 Å². The van der Waals surface area contributed by atoms with Gasteiger partial charge in [0.2, 0.25) is 0 Å². The van der Waals surface area contributed by atoms with Crippen molar-refractivity contribution in [2.24, 2.45) is 0 Å². The van der Waals surface area contributed by atoms with E-state index in [1.54, 1.807) is 12.2 Å². The van der Waals surface area contributed by atoms with Crippen LogP contribution in [0.4, 0.5) is 0 Å². The number of carbonyl (C=O) groups is 3. The van der Waals surface area contributed by atoms with Crippen LogP contribution < -0.4 is 0 Å². The van der Waals surface area contributed by atoms with Crippen molar-refractivity contribution in [3.05, 3.63) is 231 Å². The van der Waals surface area contributed by atoms with Crippen molar-refractivity contribution in [3.63, 3.8) is 0 Å². The minimum absolute atomic E-state index is 0.0620. The van der Waals surface area contributed by atoms with Crippen LogP contribution in [0.3, 0.4) is 0 Å². The number of ether oxygens (including phenoxy) is 3. The molecule has 0 N–H and O–H groups in total. The van der Waals surface area contributed by atoms with E-state index in [2.05, 4.69) is 227 Å². The molecule has 0 bridgehead atoms. The van der Waals surface area contributed by atoms with Crippen LogP contribution in [0.25, 0.3) is 0 Å². The van der Waals surface area contributed by atoms with Gasteiger partial charge in [-0.05, 0) is 141 Å². The van der Waals surface area contributed by atoms with Gasteiger partial charge < -0.3 is 14.2 Å². The fraction of sp³-hybridized carbons (Fsp3) is 0.468. The van der Waals surface area contributed by atoms with Crippen molar-refractivity contribution in [1.82, 2.24) is 0 Å². The molecular weight excluding hydrogens is 1020 g/mol. The molecule has 0 aromatic heterocycles. The predicted octanol–water partition coefficient (Wildman–Crippen LogP) is 22.3. The predicted molar refractivity (Wildman–Crippen MR) is 361 cm³/mol. The molecule has 0 aromatic carbocycles. The summed E-state index contributed by atoms with van der Waals surface area (Å²) < 4.78 is 16.6. The first-order valence-corrected chi connectivity index (χ1v) is 31.9. The van der Waals surface area contributed by atoms with Gasteiger partial charge in [-0.3, -0.25) is 14.4 Å². The van der Waals surface area contributed by atoms with Crippen molar-refractivity contribution in [2.75, 3.05) is 13.2 Å². The van der Waals surface area contributed by atoms with E-state index in [1.807, 2.05) is 12.2 Å². The van der Waals surface area contributed by atoms with Crippen LogP contribution in [-0.2, 0) is 28.6 Å². The molecule has 0 aliphatic carbocycles. The highest BCUT2D eigenvalue weighted by Gasteiger charge is 2.19. The smallest absolute Gasteiger partial charge is 0.310 e. The molecule has 0 aliphatic rings. The third kappa shape index (κ3) is 66.2. The van der Waals surface area contributed by atoms with Crippen LogP contribution in [0.2, 0.25) is 0 Å². The summed E-state index contributed by atoms with van der Waals surface area (Å²) in [5.41, 5.74) is 0. The molecule has 0 rings (SSSR count). The maximum Gasteiger partial charge on any atom is 0.310 e. The summed E-state index contributed by atoms with van der Waals surface area (Å²) in [6, 6.07) is 0. The molecule has 0 aliphatic heterocycles. The second-order valence-electron chi connectivity index (χ2n) is 19.9. The highest BCUT2D eigenvalue weighted by molar-refractivity contribution is 5.72. The van der Waals surface area contributed by atoms with E-state index >= 15 is 0 Å².